The molecule has 0 bridgehead atoms. The molecule has 4 unspecified atom stereocenters. The predicted octanol–water partition coefficient (Wildman–Crippen LogP) is 2.54. The molecule has 2 heterocycles. The molecule has 2 aliphatic heterocycles. The molecule has 12 nitrogen and oxygen atoms in total. The molecule has 3 fully saturated rings. The Bertz CT molecular complexity index is 1630. The van der Waals surface area contributed by atoms with E-state index in [0.717, 1.165) is 37.5 Å². The molecule has 7 atom stereocenters. The van der Waals surface area contributed by atoms with Gasteiger partial charge >= 0.3 is 0 Å². The highest BCUT2D eigenvalue weighted by atomic mass is 32.2. The third-order valence-corrected chi connectivity index (χ3v) is 16.3. The van der Waals surface area contributed by atoms with E-state index in [1.165, 1.54) is 20.8 Å². The molecule has 3 aliphatic rings. The fraction of sp³-hybridized carbons (Fsp3) is 0.757. The van der Waals surface area contributed by atoms with Gasteiger partial charge in [0.05, 0.1) is 33.4 Å². The van der Waals surface area contributed by atoms with Crippen molar-refractivity contribution in [2.75, 3.05) is 25.1 Å². The summed E-state index contributed by atoms with van der Waals surface area (Å²) >= 11 is 0. The molecule has 2 saturated heterocycles. The van der Waals surface area contributed by atoms with Crippen molar-refractivity contribution < 1.29 is 36.3 Å². The third kappa shape index (κ3) is 10.1. The molecule has 3 amide bonds. The van der Waals surface area contributed by atoms with E-state index in [-0.39, 0.29) is 31.0 Å². The Hall–Kier alpha value is -2.55. The summed E-state index contributed by atoms with van der Waals surface area (Å²) in [5.41, 5.74) is 0.372. The van der Waals surface area contributed by atoms with Gasteiger partial charge in [0, 0.05) is 31.3 Å². The number of aliphatic hydroxyl groups excluding tert-OH is 1. The Morgan fingerprint density at radius 2 is 1.63 bits per heavy atom. The minimum absolute atomic E-state index is 0.0360. The van der Waals surface area contributed by atoms with E-state index < -0.39 is 77.2 Å². The Morgan fingerprint density at radius 1 is 1.00 bits per heavy atom. The number of amides is 3. The first-order valence-corrected chi connectivity index (χ1v) is 21.9. The second-order valence-electron chi connectivity index (χ2n) is 17.0. The van der Waals surface area contributed by atoms with Gasteiger partial charge in [-0.3, -0.25) is 19.3 Å². The average Bonchev–Trinajstić information content (AvgIpc) is 3.28. The maximum absolute atomic E-state index is 14.2. The second kappa shape index (κ2) is 15.8. The van der Waals surface area contributed by atoms with Crippen LogP contribution in [0.2, 0.25) is 0 Å². The lowest BCUT2D eigenvalue weighted by Gasteiger charge is -2.47. The van der Waals surface area contributed by atoms with Crippen LogP contribution in [0.3, 0.4) is 0 Å². The van der Waals surface area contributed by atoms with Crippen molar-refractivity contribution in [1.29, 1.82) is 0 Å². The zero-order valence-corrected chi connectivity index (χ0v) is 33.0. The number of carbonyl (C=O) groups excluding carboxylic acids is 3. The minimum atomic E-state index is -3.95. The summed E-state index contributed by atoms with van der Waals surface area (Å²) in [4.78, 5) is 43.4. The van der Waals surface area contributed by atoms with E-state index in [1.807, 2.05) is 56.0 Å². The maximum Gasteiger partial charge on any atom is 0.244 e. The van der Waals surface area contributed by atoms with E-state index >= 15 is 0 Å². The number of nitrogens with zero attached hydrogens (tertiary/aromatic N) is 1. The van der Waals surface area contributed by atoms with E-state index in [1.54, 1.807) is 0 Å². The van der Waals surface area contributed by atoms with Crippen molar-refractivity contribution >= 4 is 37.4 Å². The van der Waals surface area contributed by atoms with Crippen molar-refractivity contribution in [3.63, 3.8) is 0 Å². The number of piperidine rings is 1. The molecule has 1 aromatic carbocycles. The number of aliphatic hydroxyl groups is 1. The number of sulfone groups is 2. The lowest BCUT2D eigenvalue weighted by atomic mass is 9.72. The molecule has 1 saturated carbocycles. The largest absolute Gasteiger partial charge is 0.390 e. The van der Waals surface area contributed by atoms with Crippen LogP contribution in [-0.2, 0) is 40.5 Å². The highest BCUT2D eigenvalue weighted by Gasteiger charge is 2.49. The Kier molecular flexibility index (Phi) is 12.8. The van der Waals surface area contributed by atoms with Crippen LogP contribution in [0.25, 0.3) is 0 Å². The molecule has 14 heteroatoms. The van der Waals surface area contributed by atoms with Gasteiger partial charge in [-0.1, -0.05) is 49.6 Å². The van der Waals surface area contributed by atoms with Gasteiger partial charge in [0.15, 0.2) is 19.7 Å². The van der Waals surface area contributed by atoms with E-state index in [4.69, 9.17) is 0 Å². The van der Waals surface area contributed by atoms with Crippen LogP contribution in [0, 0.1) is 11.8 Å². The summed E-state index contributed by atoms with van der Waals surface area (Å²) in [5, 5.41) is 20.5. The average molecular weight is 753 g/mol. The fourth-order valence-electron chi connectivity index (χ4n) is 7.97. The third-order valence-electron chi connectivity index (χ3n) is 11.4. The van der Waals surface area contributed by atoms with E-state index in [9.17, 15) is 36.3 Å². The summed E-state index contributed by atoms with van der Waals surface area (Å²) in [6.07, 6.45) is 5.37. The molecular weight excluding hydrogens is 693 g/mol. The fourth-order valence-corrected chi connectivity index (χ4v) is 10.4. The van der Waals surface area contributed by atoms with Gasteiger partial charge in [-0.05, 0) is 91.0 Å². The van der Waals surface area contributed by atoms with Crippen molar-refractivity contribution in [2.24, 2.45) is 11.8 Å². The highest BCUT2D eigenvalue weighted by molar-refractivity contribution is 7.93. The Labute approximate surface area is 305 Å². The van der Waals surface area contributed by atoms with Gasteiger partial charge < -0.3 is 21.1 Å². The standard InChI is InChI=1S/C37H60N4O8S2/c1-35(2,3)40-33(44)29-21-26-16-11-12-17-27(26)23-41(29)24-30(42)28(20-25-14-9-8-10-15-25)38-34(45)32(36(4,5)50(7,46)47)39-31(43)22-37(6)18-13-19-51(37,48)49/h8-10,14-15,26-30,32,42H,11-13,16-24H2,1-7H3,(H,38,45)(H,39,43)(H,40,44)/t26-,27+,28?,29?,30?,32+,37?/m0/s1. The molecule has 0 radical (unpaired) electrons. The number of likely N-dealkylation sites (tertiary alicyclic amines) is 1. The first kappa shape index (κ1) is 41.2. The molecule has 1 aliphatic carbocycles. The van der Waals surface area contributed by atoms with Crippen LogP contribution in [0.4, 0.5) is 0 Å². The number of fused-ring (bicyclic) bond motifs is 1. The zero-order chi connectivity index (χ0) is 38.0. The number of benzene rings is 1. The number of carbonyl (C=O) groups is 3. The SMILES string of the molecule is CC(C)(C)NC(=O)C1C[C@@H]2CCCC[C@@H]2CN1CC(O)C(Cc1ccccc1)NC(=O)[C@@H](NC(=O)CC1(C)CCCS1(=O)=O)C(C)(C)S(C)(=O)=O. The number of hydrogen-bond donors (Lipinski definition) is 4. The van der Waals surface area contributed by atoms with Gasteiger partial charge in [0.2, 0.25) is 17.7 Å². The first-order valence-electron chi connectivity index (χ1n) is 18.3. The molecule has 288 valence electrons. The topological polar surface area (TPSA) is 179 Å². The maximum atomic E-state index is 14.2. The Balaban J connectivity index is 1.62. The zero-order valence-electron chi connectivity index (χ0n) is 31.4. The predicted molar refractivity (Wildman–Crippen MR) is 198 cm³/mol. The van der Waals surface area contributed by atoms with Crippen molar-refractivity contribution in [1.82, 2.24) is 20.9 Å². The van der Waals surface area contributed by atoms with E-state index in [0.29, 0.717) is 31.2 Å². The Morgan fingerprint density at radius 3 is 2.20 bits per heavy atom. The molecule has 0 aromatic heterocycles. The van der Waals surface area contributed by atoms with Crippen LogP contribution in [0.1, 0.15) is 98.5 Å². The molecule has 0 spiro atoms. The van der Waals surface area contributed by atoms with Crippen molar-refractivity contribution in [3.05, 3.63) is 35.9 Å². The second-order valence-corrected chi connectivity index (χ2v) is 22.3. The van der Waals surface area contributed by atoms with Gasteiger partial charge in [-0.15, -0.1) is 0 Å². The molecule has 4 rings (SSSR count). The first-order chi connectivity index (χ1) is 23.5. The van der Waals surface area contributed by atoms with Crippen LogP contribution < -0.4 is 16.0 Å². The van der Waals surface area contributed by atoms with Crippen LogP contribution in [0.15, 0.2) is 30.3 Å². The van der Waals surface area contributed by atoms with Gasteiger partial charge in [-0.2, -0.15) is 0 Å². The number of nitrogens with one attached hydrogen (secondary N) is 3. The summed E-state index contributed by atoms with van der Waals surface area (Å²) in [6, 6.07) is 6.28. The molecular formula is C37H60N4O8S2. The quantitative estimate of drug-likeness (QED) is 0.236. The van der Waals surface area contributed by atoms with Gasteiger partial charge in [0.1, 0.15) is 6.04 Å². The lowest BCUT2D eigenvalue weighted by molar-refractivity contribution is -0.133. The summed E-state index contributed by atoms with van der Waals surface area (Å²) < 4.78 is 48.5. The molecule has 1 aromatic rings. The number of β-amino-alcohol motifs (C(OH)–C–C–N with tert-alkyl or cyclic N) is 1. The molecule has 4 N–H and O–H groups in total. The van der Waals surface area contributed by atoms with Gasteiger partial charge in [-0.25, -0.2) is 16.8 Å². The molecule has 51 heavy (non-hydrogen) atoms. The smallest absolute Gasteiger partial charge is 0.244 e. The lowest BCUT2D eigenvalue weighted by Crippen LogP contribution is -2.64. The summed E-state index contributed by atoms with van der Waals surface area (Å²) in [5.74, 6) is -0.877. The highest BCUT2D eigenvalue weighted by Crippen LogP contribution is 2.39. The van der Waals surface area contributed by atoms with Gasteiger partial charge in [0.25, 0.3) is 0 Å². The number of hydrogen-bond acceptors (Lipinski definition) is 9. The minimum Gasteiger partial charge on any atom is -0.390 e. The van der Waals surface area contributed by atoms with Crippen LogP contribution in [0.5, 0.6) is 0 Å². The van der Waals surface area contributed by atoms with Crippen LogP contribution >= 0.6 is 0 Å². The monoisotopic (exact) mass is 752 g/mol. The number of rotatable bonds is 13. The summed E-state index contributed by atoms with van der Waals surface area (Å²) in [6.45, 7) is 10.7. The van der Waals surface area contributed by atoms with Crippen molar-refractivity contribution in [2.45, 2.75) is 139 Å². The van der Waals surface area contributed by atoms with E-state index in [2.05, 4.69) is 16.0 Å². The normalized spacial score (nSPS) is 27.4. The van der Waals surface area contributed by atoms with Crippen LogP contribution in [-0.4, -0.2) is 109 Å². The van der Waals surface area contributed by atoms with Crippen molar-refractivity contribution in [3.8, 4) is 0 Å². The summed E-state index contributed by atoms with van der Waals surface area (Å²) in [7, 11) is -7.50.